The lowest BCUT2D eigenvalue weighted by atomic mass is 10.5. The van der Waals surface area contributed by atoms with Crippen molar-refractivity contribution in [3.8, 4) is 0 Å². The first-order valence-corrected chi connectivity index (χ1v) is 6.09. The highest BCUT2D eigenvalue weighted by Crippen LogP contribution is 2.59. The number of carbonyl (C=O) groups is 1. The van der Waals surface area contributed by atoms with Gasteiger partial charge in [0.25, 0.3) is 7.72 Å². The first-order chi connectivity index (χ1) is 5.66. The summed E-state index contributed by atoms with van der Waals surface area (Å²) in [7, 11) is -2.38. The van der Waals surface area contributed by atoms with Crippen molar-refractivity contribution in [1.29, 1.82) is 0 Å². The third-order valence-electron chi connectivity index (χ3n) is 1.66. The predicted octanol–water partition coefficient (Wildman–Crippen LogP) is 0.810. The molecule has 0 aliphatic carbocycles. The lowest BCUT2D eigenvalue weighted by Gasteiger charge is -2.09. The first kappa shape index (κ1) is 9.90. The minimum Gasteiger partial charge on any atom is -0.463 e. The van der Waals surface area contributed by atoms with Crippen LogP contribution in [0.3, 0.4) is 0 Å². The van der Waals surface area contributed by atoms with Gasteiger partial charge in [-0.1, -0.05) is 0 Å². The molecule has 1 unspecified atom stereocenters. The molecule has 70 valence electrons. The second-order valence-corrected chi connectivity index (χ2v) is 5.43. The summed E-state index contributed by atoms with van der Waals surface area (Å²) in [4.78, 5) is 20.6. The van der Waals surface area contributed by atoms with E-state index in [4.69, 9.17) is 9.26 Å². The van der Waals surface area contributed by atoms with Crippen molar-refractivity contribution < 1.29 is 18.9 Å². The standard InChI is InChI=1S/C7H14O4P/c1-2-10-7(8)6-12(9)5-3-4-11-12/h9H,2-6H2,1H3/q+1. The van der Waals surface area contributed by atoms with E-state index in [0.717, 1.165) is 6.42 Å². The Balaban J connectivity index is 2.33. The summed E-state index contributed by atoms with van der Waals surface area (Å²) in [6, 6.07) is 0. The third-order valence-corrected chi connectivity index (χ3v) is 4.10. The van der Waals surface area contributed by atoms with Gasteiger partial charge in [0.15, 0.2) is 0 Å². The van der Waals surface area contributed by atoms with Crippen LogP contribution in [-0.2, 0) is 14.1 Å². The van der Waals surface area contributed by atoms with E-state index in [1.807, 2.05) is 0 Å². The van der Waals surface area contributed by atoms with E-state index in [2.05, 4.69) is 0 Å². The van der Waals surface area contributed by atoms with E-state index in [-0.39, 0.29) is 12.1 Å². The summed E-state index contributed by atoms with van der Waals surface area (Å²) >= 11 is 0. The maximum Gasteiger partial charge on any atom is 0.349 e. The summed E-state index contributed by atoms with van der Waals surface area (Å²) in [5.41, 5.74) is 0. The average Bonchev–Trinajstić information content (AvgIpc) is 2.36. The van der Waals surface area contributed by atoms with Crippen LogP contribution in [0.25, 0.3) is 0 Å². The van der Waals surface area contributed by atoms with Crippen LogP contribution in [0.15, 0.2) is 0 Å². The van der Waals surface area contributed by atoms with Crippen molar-refractivity contribution in [2.24, 2.45) is 0 Å². The number of rotatable bonds is 3. The van der Waals surface area contributed by atoms with Gasteiger partial charge < -0.3 is 4.74 Å². The van der Waals surface area contributed by atoms with Gasteiger partial charge >= 0.3 is 5.97 Å². The molecule has 0 aromatic carbocycles. The molecule has 12 heavy (non-hydrogen) atoms. The van der Waals surface area contributed by atoms with Gasteiger partial charge in [0, 0.05) is 6.42 Å². The molecule has 1 atom stereocenters. The molecule has 0 amide bonds. The van der Waals surface area contributed by atoms with E-state index in [1.165, 1.54) is 0 Å². The topological polar surface area (TPSA) is 55.8 Å². The Morgan fingerprint density at radius 1 is 1.75 bits per heavy atom. The van der Waals surface area contributed by atoms with E-state index in [1.54, 1.807) is 6.92 Å². The molecule has 1 rings (SSSR count). The van der Waals surface area contributed by atoms with Gasteiger partial charge in [0.1, 0.15) is 6.16 Å². The molecule has 1 heterocycles. The van der Waals surface area contributed by atoms with Gasteiger partial charge in [-0.3, -0.25) is 0 Å². The van der Waals surface area contributed by atoms with Gasteiger partial charge in [-0.25, -0.2) is 14.2 Å². The van der Waals surface area contributed by atoms with E-state index < -0.39 is 7.72 Å². The van der Waals surface area contributed by atoms with Crippen molar-refractivity contribution in [3.63, 3.8) is 0 Å². The molecule has 1 fully saturated rings. The Bertz CT molecular complexity index is 165. The summed E-state index contributed by atoms with van der Waals surface area (Å²) < 4.78 is 9.84. The number of carbonyl (C=O) groups excluding carboxylic acids is 1. The zero-order valence-corrected chi connectivity index (χ0v) is 8.05. The molecule has 0 aromatic heterocycles. The van der Waals surface area contributed by atoms with Gasteiger partial charge in [-0.2, -0.15) is 0 Å². The fourth-order valence-electron chi connectivity index (χ4n) is 1.14. The third kappa shape index (κ3) is 2.70. The maximum atomic E-state index is 11.0. The molecule has 0 spiro atoms. The molecule has 0 saturated carbocycles. The van der Waals surface area contributed by atoms with Crippen LogP contribution < -0.4 is 0 Å². The van der Waals surface area contributed by atoms with Crippen LogP contribution in [0.1, 0.15) is 13.3 Å². The van der Waals surface area contributed by atoms with Crippen LogP contribution in [0.4, 0.5) is 0 Å². The molecule has 1 saturated heterocycles. The van der Waals surface area contributed by atoms with E-state index in [0.29, 0.717) is 19.4 Å². The fraction of sp³-hybridized carbons (Fsp3) is 0.857. The molecular formula is C7H14O4P+. The Morgan fingerprint density at radius 3 is 3.00 bits per heavy atom. The molecule has 5 heteroatoms. The summed E-state index contributed by atoms with van der Waals surface area (Å²) in [5, 5.41) is 0. The van der Waals surface area contributed by atoms with Gasteiger partial charge in [0.05, 0.1) is 13.2 Å². The van der Waals surface area contributed by atoms with Crippen LogP contribution in [0.5, 0.6) is 0 Å². The number of hydrogen-bond acceptors (Lipinski definition) is 4. The van der Waals surface area contributed by atoms with Gasteiger partial charge in [0.2, 0.25) is 6.16 Å². The molecule has 1 aliphatic heterocycles. The minimum atomic E-state index is -2.38. The average molecular weight is 193 g/mol. The SMILES string of the molecule is CCOC(=O)C[P+]1(O)CCCO1. The summed E-state index contributed by atoms with van der Waals surface area (Å²) in [6.45, 7) is 2.68. The molecule has 0 radical (unpaired) electrons. The van der Waals surface area contributed by atoms with Crippen molar-refractivity contribution >= 4 is 13.7 Å². The predicted molar refractivity (Wildman–Crippen MR) is 46.1 cm³/mol. The Hall–Kier alpha value is -0.180. The smallest absolute Gasteiger partial charge is 0.349 e. The molecule has 1 N–H and O–H groups in total. The van der Waals surface area contributed by atoms with Crippen molar-refractivity contribution in [3.05, 3.63) is 0 Å². The lowest BCUT2D eigenvalue weighted by Crippen LogP contribution is -2.13. The summed E-state index contributed by atoms with van der Waals surface area (Å²) in [6.07, 6.45) is 1.54. The monoisotopic (exact) mass is 193 g/mol. The van der Waals surface area contributed by atoms with Crippen molar-refractivity contribution in [2.75, 3.05) is 25.5 Å². The Labute approximate surface area is 72.4 Å². The minimum absolute atomic E-state index is 0.0564. The van der Waals surface area contributed by atoms with Gasteiger partial charge in [-0.05, 0) is 6.92 Å². The normalized spacial score (nSPS) is 28.8. The first-order valence-electron chi connectivity index (χ1n) is 4.06. The summed E-state index contributed by atoms with van der Waals surface area (Å²) in [5.74, 6) is -0.352. The Kier molecular flexibility index (Phi) is 3.44. The Morgan fingerprint density at radius 2 is 2.50 bits per heavy atom. The number of esters is 1. The van der Waals surface area contributed by atoms with Crippen molar-refractivity contribution in [2.45, 2.75) is 13.3 Å². The molecule has 0 bridgehead atoms. The number of hydrogen-bond donors (Lipinski definition) is 1. The zero-order valence-electron chi connectivity index (χ0n) is 7.15. The highest BCUT2D eigenvalue weighted by molar-refractivity contribution is 7.66. The van der Waals surface area contributed by atoms with Crippen LogP contribution >= 0.6 is 7.72 Å². The molecule has 4 nitrogen and oxygen atoms in total. The highest BCUT2D eigenvalue weighted by Gasteiger charge is 2.45. The molecule has 1 aliphatic rings. The second kappa shape index (κ2) is 4.17. The largest absolute Gasteiger partial charge is 0.463 e. The highest BCUT2D eigenvalue weighted by atomic mass is 31.2. The van der Waals surface area contributed by atoms with Crippen LogP contribution in [-0.4, -0.2) is 36.4 Å². The van der Waals surface area contributed by atoms with Gasteiger partial charge in [-0.15, -0.1) is 0 Å². The van der Waals surface area contributed by atoms with E-state index >= 15 is 0 Å². The number of ether oxygens (including phenoxy) is 1. The van der Waals surface area contributed by atoms with E-state index in [9.17, 15) is 9.69 Å². The fourth-order valence-corrected chi connectivity index (χ4v) is 3.11. The lowest BCUT2D eigenvalue weighted by molar-refractivity contribution is -0.140. The van der Waals surface area contributed by atoms with Crippen LogP contribution in [0, 0.1) is 0 Å². The maximum absolute atomic E-state index is 11.0. The van der Waals surface area contributed by atoms with Crippen LogP contribution in [0.2, 0.25) is 0 Å². The zero-order chi connectivity index (χ0) is 9.03. The molecule has 0 aromatic rings. The quantitative estimate of drug-likeness (QED) is 0.532. The molecular weight excluding hydrogens is 179 g/mol. The van der Waals surface area contributed by atoms with Crippen molar-refractivity contribution in [1.82, 2.24) is 0 Å². The second-order valence-electron chi connectivity index (χ2n) is 2.72.